The fourth-order valence-electron chi connectivity index (χ4n) is 3.12. The highest BCUT2D eigenvalue weighted by atomic mass is 32.1. The highest BCUT2D eigenvalue weighted by molar-refractivity contribution is 7.10. The minimum atomic E-state index is -0.916. The topological polar surface area (TPSA) is 88.2 Å². The zero-order valence-electron chi connectivity index (χ0n) is 11.7. The molecule has 3 heterocycles. The smallest absolute Gasteiger partial charge is 0.237 e. The number of nitrogens with zero attached hydrogens (tertiary/aromatic N) is 2. The SMILES string of the molecule is NC(=NO)C1(C(=O)N2CCc3sccc3C2)CCOCC1. The highest BCUT2D eigenvalue weighted by Gasteiger charge is 2.47. The zero-order chi connectivity index (χ0) is 14.9. The summed E-state index contributed by atoms with van der Waals surface area (Å²) in [6, 6.07) is 2.07. The largest absolute Gasteiger partial charge is 0.409 e. The summed E-state index contributed by atoms with van der Waals surface area (Å²) in [5.74, 6) is -0.0372. The number of amides is 1. The van der Waals surface area contributed by atoms with Crippen LogP contribution >= 0.6 is 11.3 Å². The monoisotopic (exact) mass is 309 g/mol. The summed E-state index contributed by atoms with van der Waals surface area (Å²) in [6.45, 7) is 2.21. The second-order valence-electron chi connectivity index (χ2n) is 5.53. The van der Waals surface area contributed by atoms with Crippen LogP contribution in [0.15, 0.2) is 16.6 Å². The molecule has 114 valence electrons. The van der Waals surface area contributed by atoms with Crippen LogP contribution in [0.2, 0.25) is 0 Å². The molecular formula is C14H19N3O3S. The van der Waals surface area contributed by atoms with Crippen LogP contribution in [-0.4, -0.2) is 41.6 Å². The molecule has 1 amide bonds. The first-order chi connectivity index (χ1) is 10.2. The van der Waals surface area contributed by atoms with Crippen LogP contribution in [0.5, 0.6) is 0 Å². The van der Waals surface area contributed by atoms with Crippen LogP contribution in [-0.2, 0) is 22.5 Å². The number of ether oxygens (including phenoxy) is 1. The predicted molar refractivity (Wildman–Crippen MR) is 79.3 cm³/mol. The lowest BCUT2D eigenvalue weighted by Crippen LogP contribution is -2.54. The summed E-state index contributed by atoms with van der Waals surface area (Å²) in [5, 5.41) is 14.3. The van der Waals surface area contributed by atoms with Crippen molar-refractivity contribution in [2.24, 2.45) is 16.3 Å². The lowest BCUT2D eigenvalue weighted by Gasteiger charge is -2.39. The maximum absolute atomic E-state index is 13.0. The van der Waals surface area contributed by atoms with E-state index in [2.05, 4.69) is 16.6 Å². The van der Waals surface area contributed by atoms with E-state index < -0.39 is 5.41 Å². The van der Waals surface area contributed by atoms with Crippen LogP contribution in [0, 0.1) is 5.41 Å². The third kappa shape index (κ3) is 2.40. The molecule has 7 heteroatoms. The molecule has 0 saturated carbocycles. The van der Waals surface area contributed by atoms with Gasteiger partial charge < -0.3 is 20.6 Å². The Balaban J connectivity index is 1.85. The Morgan fingerprint density at radius 3 is 2.95 bits per heavy atom. The van der Waals surface area contributed by atoms with Gasteiger partial charge in [-0.05, 0) is 36.3 Å². The summed E-state index contributed by atoms with van der Waals surface area (Å²) in [7, 11) is 0. The van der Waals surface area contributed by atoms with Crippen LogP contribution < -0.4 is 5.73 Å². The molecule has 3 rings (SSSR count). The van der Waals surface area contributed by atoms with Crippen LogP contribution in [0.1, 0.15) is 23.3 Å². The fraction of sp³-hybridized carbons (Fsp3) is 0.571. The molecular weight excluding hydrogens is 290 g/mol. The van der Waals surface area contributed by atoms with Gasteiger partial charge in [0, 0.05) is 31.2 Å². The van der Waals surface area contributed by atoms with E-state index in [0.29, 0.717) is 39.1 Å². The van der Waals surface area contributed by atoms with Gasteiger partial charge in [-0.2, -0.15) is 0 Å². The number of oxime groups is 1. The van der Waals surface area contributed by atoms with Gasteiger partial charge in [0.1, 0.15) is 5.41 Å². The van der Waals surface area contributed by atoms with E-state index in [0.717, 1.165) is 6.42 Å². The van der Waals surface area contributed by atoms with Crippen molar-refractivity contribution in [3.05, 3.63) is 21.9 Å². The zero-order valence-corrected chi connectivity index (χ0v) is 12.6. The molecule has 2 aliphatic heterocycles. The van der Waals surface area contributed by atoms with Crippen molar-refractivity contribution in [3.8, 4) is 0 Å². The lowest BCUT2D eigenvalue weighted by atomic mass is 9.77. The summed E-state index contributed by atoms with van der Waals surface area (Å²) in [5.41, 5.74) is 6.16. The molecule has 1 aromatic rings. The summed E-state index contributed by atoms with van der Waals surface area (Å²) < 4.78 is 5.34. The van der Waals surface area contributed by atoms with Crippen molar-refractivity contribution in [1.82, 2.24) is 4.90 Å². The molecule has 1 fully saturated rings. The molecule has 21 heavy (non-hydrogen) atoms. The van der Waals surface area contributed by atoms with Crippen LogP contribution in [0.4, 0.5) is 0 Å². The molecule has 0 aromatic carbocycles. The van der Waals surface area contributed by atoms with Crippen molar-refractivity contribution >= 4 is 23.1 Å². The van der Waals surface area contributed by atoms with E-state index in [4.69, 9.17) is 15.7 Å². The number of thiophene rings is 1. The fourth-order valence-corrected chi connectivity index (χ4v) is 4.01. The van der Waals surface area contributed by atoms with E-state index in [9.17, 15) is 4.79 Å². The van der Waals surface area contributed by atoms with Gasteiger partial charge in [-0.1, -0.05) is 5.16 Å². The van der Waals surface area contributed by atoms with Gasteiger partial charge in [-0.3, -0.25) is 4.79 Å². The maximum atomic E-state index is 13.0. The van der Waals surface area contributed by atoms with E-state index in [1.807, 2.05) is 4.90 Å². The average Bonchev–Trinajstić information content (AvgIpc) is 3.01. The minimum Gasteiger partial charge on any atom is -0.409 e. The molecule has 0 aliphatic carbocycles. The van der Waals surface area contributed by atoms with E-state index in [-0.39, 0.29) is 11.7 Å². The third-order valence-electron chi connectivity index (χ3n) is 4.45. The molecule has 1 saturated heterocycles. The van der Waals surface area contributed by atoms with E-state index >= 15 is 0 Å². The quantitative estimate of drug-likeness (QED) is 0.371. The molecule has 0 atom stereocenters. The van der Waals surface area contributed by atoms with Gasteiger partial charge in [0.05, 0.1) is 0 Å². The van der Waals surface area contributed by atoms with Crippen molar-refractivity contribution in [1.29, 1.82) is 0 Å². The Labute approximate surface area is 127 Å². The lowest BCUT2D eigenvalue weighted by molar-refractivity contribution is -0.143. The van der Waals surface area contributed by atoms with Gasteiger partial charge in [0.25, 0.3) is 0 Å². The Morgan fingerprint density at radius 1 is 1.48 bits per heavy atom. The predicted octanol–water partition coefficient (Wildman–Crippen LogP) is 1.18. The molecule has 0 radical (unpaired) electrons. The molecule has 0 unspecified atom stereocenters. The molecule has 6 nitrogen and oxygen atoms in total. The molecule has 0 spiro atoms. The Hall–Kier alpha value is -1.60. The molecule has 3 N–H and O–H groups in total. The first-order valence-corrected chi connectivity index (χ1v) is 7.96. The van der Waals surface area contributed by atoms with Crippen molar-refractivity contribution in [2.45, 2.75) is 25.8 Å². The van der Waals surface area contributed by atoms with Gasteiger partial charge in [0.15, 0.2) is 5.84 Å². The summed E-state index contributed by atoms with van der Waals surface area (Å²) in [4.78, 5) is 16.2. The van der Waals surface area contributed by atoms with Gasteiger partial charge in [-0.15, -0.1) is 11.3 Å². The number of carbonyl (C=O) groups is 1. The Kier molecular flexibility index (Phi) is 3.86. The molecule has 1 aromatic heterocycles. The van der Waals surface area contributed by atoms with Crippen LogP contribution in [0.25, 0.3) is 0 Å². The van der Waals surface area contributed by atoms with Crippen molar-refractivity contribution in [2.75, 3.05) is 19.8 Å². The number of nitrogens with two attached hydrogens (primary N) is 1. The van der Waals surface area contributed by atoms with E-state index in [1.54, 1.807) is 11.3 Å². The summed E-state index contributed by atoms with van der Waals surface area (Å²) in [6.07, 6.45) is 1.81. The third-order valence-corrected chi connectivity index (χ3v) is 5.47. The summed E-state index contributed by atoms with van der Waals surface area (Å²) >= 11 is 1.74. The van der Waals surface area contributed by atoms with Crippen LogP contribution in [0.3, 0.4) is 0 Å². The minimum absolute atomic E-state index is 0.00640. The Morgan fingerprint density at radius 2 is 2.24 bits per heavy atom. The van der Waals surface area contributed by atoms with Gasteiger partial charge in [-0.25, -0.2) is 0 Å². The van der Waals surface area contributed by atoms with Crippen molar-refractivity contribution in [3.63, 3.8) is 0 Å². The highest BCUT2D eigenvalue weighted by Crippen LogP contribution is 2.35. The number of rotatable bonds is 2. The molecule has 0 bridgehead atoms. The number of hydrogen-bond donors (Lipinski definition) is 2. The first kappa shape index (κ1) is 14.3. The normalized spacial score (nSPS) is 21.9. The average molecular weight is 309 g/mol. The van der Waals surface area contributed by atoms with Gasteiger partial charge in [0.2, 0.25) is 5.91 Å². The first-order valence-electron chi connectivity index (χ1n) is 7.08. The Bertz CT molecular complexity index is 564. The van der Waals surface area contributed by atoms with Gasteiger partial charge >= 0.3 is 0 Å². The number of carbonyl (C=O) groups excluding carboxylic acids is 1. The molecule has 2 aliphatic rings. The number of amidine groups is 1. The maximum Gasteiger partial charge on any atom is 0.237 e. The second kappa shape index (κ2) is 5.65. The van der Waals surface area contributed by atoms with E-state index in [1.165, 1.54) is 10.4 Å². The number of hydrogen-bond acceptors (Lipinski definition) is 5. The number of fused-ring (bicyclic) bond motifs is 1. The second-order valence-corrected chi connectivity index (χ2v) is 6.53. The van der Waals surface area contributed by atoms with Crippen molar-refractivity contribution < 1.29 is 14.7 Å². The standard InChI is InChI=1S/C14H19N3O3S/c15-12(16-19)14(3-6-20-7-4-14)13(18)17-5-1-11-10(9-17)2-8-21-11/h2,8,19H,1,3-7,9H2,(H2,15,16).